The van der Waals surface area contributed by atoms with Crippen molar-refractivity contribution >= 4 is 35.0 Å². The average molecular weight is 580 g/mol. The van der Waals surface area contributed by atoms with Gasteiger partial charge in [-0.3, -0.25) is 4.79 Å². The summed E-state index contributed by atoms with van der Waals surface area (Å²) < 4.78 is 0. The van der Waals surface area contributed by atoms with Gasteiger partial charge in [0, 0.05) is 25.0 Å². The molecule has 1 N–H and O–H groups in total. The van der Waals surface area contributed by atoms with Gasteiger partial charge in [-0.1, -0.05) is 80.0 Å². The lowest BCUT2D eigenvalue weighted by molar-refractivity contribution is -0.113. The van der Waals surface area contributed by atoms with Crippen LogP contribution in [0.2, 0.25) is 0 Å². The molecule has 1 aliphatic heterocycles. The Morgan fingerprint density at radius 3 is 1.98 bits per heavy atom. The SMILES string of the molecule is CC(C)CCCC1=CC(=CC2=C(O)C(=Cc3cc(CCCC(C)C)[s+]c(CC(C)C)c3)C2=O)C=C(CC(C)C)S1. The molecule has 1 aliphatic carbocycles. The molecule has 2 nitrogen and oxygen atoms in total. The molecule has 0 radical (unpaired) electrons. The van der Waals surface area contributed by atoms with Crippen LogP contribution in [0.15, 0.2) is 62.6 Å². The Balaban J connectivity index is 1.87. The highest BCUT2D eigenvalue weighted by molar-refractivity contribution is 8.06. The average Bonchev–Trinajstić information content (AvgIpc) is 2.84. The number of hydrogen-bond donors (Lipinski definition) is 1. The first-order chi connectivity index (χ1) is 18.9. The quantitative estimate of drug-likeness (QED) is 0.176. The number of aryl methyl sites for hydroxylation is 1. The third-order valence-corrected chi connectivity index (χ3v) is 9.35. The Bertz CT molecular complexity index is 1210. The van der Waals surface area contributed by atoms with Crippen LogP contribution in [0.25, 0.3) is 6.08 Å². The van der Waals surface area contributed by atoms with E-state index in [1.165, 1.54) is 45.2 Å². The standard InChI is InChI=1S/C36H50O2S2/c1-23(2)11-9-13-29-17-27(19-31(39-29)15-25(5)6)21-33-35(37)34(36(33)38)22-28-18-30(14-10-12-24(3)4)40-32(20-28)16-26(7)8/h17-26H,9-16H2,1-8H3/p+1. The van der Waals surface area contributed by atoms with Crippen LogP contribution in [0.5, 0.6) is 0 Å². The number of Topliss-reactive ketones (excluding diaryl/α,β-unsaturated/α-hetero) is 1. The summed E-state index contributed by atoms with van der Waals surface area (Å²) in [6.45, 7) is 18.1. The molecule has 0 saturated carbocycles. The molecule has 0 fully saturated rings. The predicted molar refractivity (Wildman–Crippen MR) is 178 cm³/mol. The number of aliphatic hydroxyl groups is 1. The Morgan fingerprint density at radius 2 is 1.38 bits per heavy atom. The Morgan fingerprint density at radius 1 is 0.775 bits per heavy atom. The van der Waals surface area contributed by atoms with Crippen molar-refractivity contribution in [2.24, 2.45) is 23.7 Å². The number of aliphatic hydroxyl groups excluding tert-OH is 1. The van der Waals surface area contributed by atoms with E-state index in [2.05, 4.69) is 79.7 Å². The minimum absolute atomic E-state index is 0.0592. The summed E-state index contributed by atoms with van der Waals surface area (Å²) >= 11 is 3.79. The summed E-state index contributed by atoms with van der Waals surface area (Å²) in [4.78, 5) is 18.7. The van der Waals surface area contributed by atoms with E-state index in [1.54, 1.807) is 0 Å². The van der Waals surface area contributed by atoms with Crippen molar-refractivity contribution in [2.75, 3.05) is 0 Å². The number of allylic oxidation sites excluding steroid dienone is 8. The lowest BCUT2D eigenvalue weighted by Gasteiger charge is -2.21. The van der Waals surface area contributed by atoms with Crippen LogP contribution in [-0.2, 0) is 17.6 Å². The first kappa shape index (κ1) is 32.6. The van der Waals surface area contributed by atoms with Crippen molar-refractivity contribution in [3.05, 3.63) is 78.0 Å². The molecule has 2 aliphatic rings. The molecule has 0 spiro atoms. The van der Waals surface area contributed by atoms with Crippen LogP contribution >= 0.6 is 23.1 Å². The highest BCUT2D eigenvalue weighted by Crippen LogP contribution is 2.40. The lowest BCUT2D eigenvalue weighted by Crippen LogP contribution is -2.21. The predicted octanol–water partition coefficient (Wildman–Crippen LogP) is 11.3. The Kier molecular flexibility index (Phi) is 12.5. The minimum Gasteiger partial charge on any atom is -0.506 e. The van der Waals surface area contributed by atoms with Gasteiger partial charge in [-0.05, 0) is 94.6 Å². The molecule has 40 heavy (non-hydrogen) atoms. The fourth-order valence-electron chi connectivity index (χ4n) is 5.11. The van der Waals surface area contributed by atoms with E-state index in [-0.39, 0.29) is 11.5 Å². The van der Waals surface area contributed by atoms with Crippen LogP contribution < -0.4 is 0 Å². The molecule has 1 aromatic rings. The molecule has 0 bridgehead atoms. The van der Waals surface area contributed by atoms with Crippen molar-refractivity contribution in [3.63, 3.8) is 0 Å². The molecule has 4 heteroatoms. The van der Waals surface area contributed by atoms with Gasteiger partial charge in [0.2, 0.25) is 26.9 Å². The molecule has 0 amide bonds. The van der Waals surface area contributed by atoms with Crippen molar-refractivity contribution in [1.82, 2.24) is 0 Å². The summed E-state index contributed by atoms with van der Waals surface area (Å²) in [5.74, 6) is 2.63. The van der Waals surface area contributed by atoms with Gasteiger partial charge in [0.25, 0.3) is 0 Å². The van der Waals surface area contributed by atoms with E-state index in [9.17, 15) is 9.90 Å². The van der Waals surface area contributed by atoms with Gasteiger partial charge in [-0.2, -0.15) is 0 Å². The van der Waals surface area contributed by atoms with Gasteiger partial charge in [-0.15, -0.1) is 0 Å². The second-order valence-corrected chi connectivity index (χ2v) is 15.7. The molecule has 0 aromatic carbocycles. The van der Waals surface area contributed by atoms with Crippen molar-refractivity contribution in [1.29, 1.82) is 0 Å². The maximum Gasteiger partial charge on any atom is 0.218 e. The Hall–Kier alpha value is -1.91. The molecule has 0 atom stereocenters. The van der Waals surface area contributed by atoms with Gasteiger partial charge >= 0.3 is 0 Å². The molecule has 2 heterocycles. The van der Waals surface area contributed by atoms with Crippen molar-refractivity contribution in [3.8, 4) is 0 Å². The number of rotatable bonds is 14. The second-order valence-electron chi connectivity index (χ2n) is 13.2. The Labute approximate surface area is 252 Å². The first-order valence-electron chi connectivity index (χ1n) is 15.4. The number of ketones is 1. The van der Waals surface area contributed by atoms with Crippen LogP contribution in [0.3, 0.4) is 0 Å². The topological polar surface area (TPSA) is 37.3 Å². The molecule has 218 valence electrons. The summed E-state index contributed by atoms with van der Waals surface area (Å²) in [5, 5.41) is 11.0. The number of carbonyl (C=O) groups is 1. The fraction of sp³-hybridized carbons (Fsp3) is 0.556. The van der Waals surface area contributed by atoms with Crippen LogP contribution in [0.1, 0.15) is 109 Å². The van der Waals surface area contributed by atoms with Gasteiger partial charge in [0.05, 0.1) is 11.1 Å². The monoisotopic (exact) mass is 579 g/mol. The zero-order valence-electron chi connectivity index (χ0n) is 26.1. The minimum atomic E-state index is -0.0592. The molecule has 0 unspecified atom stereocenters. The second kappa shape index (κ2) is 15.4. The molecule has 0 saturated heterocycles. The van der Waals surface area contributed by atoms with E-state index in [1.807, 2.05) is 35.3 Å². The smallest absolute Gasteiger partial charge is 0.218 e. The van der Waals surface area contributed by atoms with E-state index in [0.717, 1.165) is 36.8 Å². The normalized spacial score (nSPS) is 18.1. The number of hydrogen-bond acceptors (Lipinski definition) is 3. The summed E-state index contributed by atoms with van der Waals surface area (Å²) in [6, 6.07) is 4.41. The largest absolute Gasteiger partial charge is 0.506 e. The van der Waals surface area contributed by atoms with Crippen molar-refractivity contribution < 1.29 is 9.90 Å². The zero-order chi connectivity index (χ0) is 29.4. The number of thioether (sulfide) groups is 1. The molecular formula is C36H51O2S2+. The molecule has 3 rings (SSSR count). The summed E-state index contributed by atoms with van der Waals surface area (Å²) in [7, 11) is 0. The van der Waals surface area contributed by atoms with Crippen molar-refractivity contribution in [2.45, 2.75) is 107 Å². The van der Waals surface area contributed by atoms with Gasteiger partial charge in [0.1, 0.15) is 5.76 Å². The van der Waals surface area contributed by atoms with E-state index in [4.69, 9.17) is 0 Å². The van der Waals surface area contributed by atoms with E-state index in [0.29, 0.717) is 34.8 Å². The van der Waals surface area contributed by atoms with Crippen LogP contribution in [0.4, 0.5) is 0 Å². The maximum absolute atomic E-state index is 13.3. The van der Waals surface area contributed by atoms with Crippen LogP contribution in [0, 0.1) is 23.7 Å². The highest BCUT2D eigenvalue weighted by atomic mass is 32.2. The number of carbonyl (C=O) groups excluding carboxylic acids is 1. The third-order valence-electron chi connectivity index (χ3n) is 7.08. The van der Waals surface area contributed by atoms with E-state index >= 15 is 0 Å². The molecular weight excluding hydrogens is 529 g/mol. The van der Waals surface area contributed by atoms with Gasteiger partial charge in [0.15, 0.2) is 0 Å². The highest BCUT2D eigenvalue weighted by Gasteiger charge is 2.33. The van der Waals surface area contributed by atoms with Crippen LogP contribution in [-0.4, -0.2) is 10.9 Å². The van der Waals surface area contributed by atoms with Gasteiger partial charge in [-0.25, -0.2) is 0 Å². The van der Waals surface area contributed by atoms with E-state index < -0.39 is 0 Å². The fourth-order valence-corrected chi connectivity index (χ4v) is 7.89. The molecule has 1 aromatic heterocycles. The third kappa shape index (κ3) is 10.2. The summed E-state index contributed by atoms with van der Waals surface area (Å²) in [5.41, 5.74) is 2.92. The first-order valence-corrected chi connectivity index (χ1v) is 17.0. The summed E-state index contributed by atoms with van der Waals surface area (Å²) in [6.07, 6.45) is 17.2. The maximum atomic E-state index is 13.3. The van der Waals surface area contributed by atoms with Gasteiger partial charge < -0.3 is 5.11 Å². The zero-order valence-corrected chi connectivity index (χ0v) is 27.7. The lowest BCUT2D eigenvalue weighted by atomic mass is 9.85.